The van der Waals surface area contributed by atoms with Crippen molar-refractivity contribution >= 4 is 17.6 Å². The Morgan fingerprint density at radius 2 is 1.77 bits per heavy atom. The molecule has 0 bridgehead atoms. The maximum absolute atomic E-state index is 12.4. The van der Waals surface area contributed by atoms with E-state index in [0.29, 0.717) is 6.42 Å². The van der Waals surface area contributed by atoms with E-state index in [-0.39, 0.29) is 12.3 Å². The summed E-state index contributed by atoms with van der Waals surface area (Å²) in [5, 5.41) is 7.44. The number of aryl methyl sites for hydroxylation is 3. The summed E-state index contributed by atoms with van der Waals surface area (Å²) in [6.07, 6.45) is -0.180. The second-order valence-corrected chi connectivity index (χ2v) is 7.84. The Bertz CT molecular complexity index is 1090. The number of aromatic nitrogens is 2. The van der Waals surface area contributed by atoms with Crippen LogP contribution in [0, 0.1) is 27.7 Å². The smallest absolute Gasteiger partial charge is 0.306 e. The van der Waals surface area contributed by atoms with E-state index in [9.17, 15) is 9.59 Å². The number of benzene rings is 2. The van der Waals surface area contributed by atoms with Crippen LogP contribution in [0.15, 0.2) is 48.5 Å². The standard InChI is InChI=1S/C25H29N3O3/c1-16-11-13-23(17(2)15-16)26-25(30)20(5)31-24(29)14-12-22-18(3)27-28(19(22)4)21-9-7-6-8-10-21/h6-11,13,15,20H,12,14H2,1-5H3,(H,26,30)/t20-/m1/s1. The maximum atomic E-state index is 12.4. The Kier molecular flexibility index (Phi) is 6.90. The molecule has 31 heavy (non-hydrogen) atoms. The van der Waals surface area contributed by atoms with E-state index in [1.807, 2.05) is 80.9 Å². The van der Waals surface area contributed by atoms with Crippen LogP contribution < -0.4 is 5.32 Å². The van der Waals surface area contributed by atoms with Gasteiger partial charge in [0.1, 0.15) is 0 Å². The Morgan fingerprint density at radius 1 is 1.06 bits per heavy atom. The van der Waals surface area contributed by atoms with Crippen molar-refractivity contribution in [3.05, 3.63) is 76.6 Å². The number of para-hydroxylation sites is 1. The van der Waals surface area contributed by atoms with Crippen molar-refractivity contribution < 1.29 is 14.3 Å². The van der Waals surface area contributed by atoms with E-state index in [1.165, 1.54) is 0 Å². The highest BCUT2D eigenvalue weighted by Crippen LogP contribution is 2.20. The van der Waals surface area contributed by atoms with Crippen LogP contribution in [0.2, 0.25) is 0 Å². The number of hydrogen-bond donors (Lipinski definition) is 1. The molecule has 3 aromatic rings. The Balaban J connectivity index is 1.57. The van der Waals surface area contributed by atoms with Gasteiger partial charge in [-0.3, -0.25) is 9.59 Å². The van der Waals surface area contributed by atoms with Crippen LogP contribution in [0.25, 0.3) is 5.69 Å². The van der Waals surface area contributed by atoms with Crippen molar-refractivity contribution in [3.8, 4) is 5.69 Å². The minimum atomic E-state index is -0.873. The lowest BCUT2D eigenvalue weighted by Gasteiger charge is -2.15. The number of nitrogens with one attached hydrogen (secondary N) is 1. The highest BCUT2D eigenvalue weighted by Gasteiger charge is 2.20. The van der Waals surface area contributed by atoms with Crippen LogP contribution in [0.3, 0.4) is 0 Å². The van der Waals surface area contributed by atoms with Crippen molar-refractivity contribution in [3.63, 3.8) is 0 Å². The Morgan fingerprint density at radius 3 is 2.45 bits per heavy atom. The highest BCUT2D eigenvalue weighted by molar-refractivity contribution is 5.95. The van der Waals surface area contributed by atoms with Crippen molar-refractivity contribution in [2.75, 3.05) is 5.32 Å². The largest absolute Gasteiger partial charge is 0.453 e. The molecule has 1 amide bonds. The fourth-order valence-electron chi connectivity index (χ4n) is 3.58. The number of nitrogens with zero attached hydrogens (tertiary/aromatic N) is 2. The minimum absolute atomic E-state index is 0.184. The van der Waals surface area contributed by atoms with Gasteiger partial charge in [0.15, 0.2) is 6.10 Å². The van der Waals surface area contributed by atoms with Crippen LogP contribution in [0.1, 0.15) is 41.4 Å². The van der Waals surface area contributed by atoms with Crippen molar-refractivity contribution in [2.24, 2.45) is 0 Å². The molecule has 0 aliphatic heterocycles. The first-order valence-electron chi connectivity index (χ1n) is 10.4. The molecular weight excluding hydrogens is 390 g/mol. The second kappa shape index (κ2) is 9.60. The van der Waals surface area contributed by atoms with Gasteiger partial charge in [-0.15, -0.1) is 0 Å². The predicted octanol–water partition coefficient (Wildman–Crippen LogP) is 4.61. The molecule has 1 atom stereocenters. The molecule has 0 fully saturated rings. The first-order valence-corrected chi connectivity index (χ1v) is 10.4. The molecule has 0 spiro atoms. The second-order valence-electron chi connectivity index (χ2n) is 7.84. The number of ether oxygens (including phenoxy) is 1. The Labute approximate surface area is 183 Å². The van der Waals surface area contributed by atoms with E-state index in [2.05, 4.69) is 10.4 Å². The molecule has 0 unspecified atom stereocenters. The van der Waals surface area contributed by atoms with Crippen LogP contribution in [-0.2, 0) is 20.7 Å². The summed E-state index contributed by atoms with van der Waals surface area (Å²) < 4.78 is 7.25. The minimum Gasteiger partial charge on any atom is -0.453 e. The molecule has 0 saturated carbocycles. The molecule has 6 nitrogen and oxygen atoms in total. The molecule has 6 heteroatoms. The van der Waals surface area contributed by atoms with Crippen LogP contribution >= 0.6 is 0 Å². The summed E-state index contributed by atoms with van der Waals surface area (Å²) in [7, 11) is 0. The van der Waals surface area contributed by atoms with Crippen LogP contribution in [-0.4, -0.2) is 27.8 Å². The lowest BCUT2D eigenvalue weighted by atomic mass is 10.1. The Hall–Kier alpha value is -3.41. The molecular formula is C25H29N3O3. The monoisotopic (exact) mass is 419 g/mol. The van der Waals surface area contributed by atoms with Gasteiger partial charge in [-0.25, -0.2) is 4.68 Å². The number of esters is 1. The summed E-state index contributed by atoms with van der Waals surface area (Å²) >= 11 is 0. The molecule has 2 aromatic carbocycles. The molecule has 0 aliphatic rings. The summed E-state index contributed by atoms with van der Waals surface area (Å²) in [5.41, 5.74) is 6.69. The normalized spacial score (nSPS) is 11.8. The fraction of sp³-hybridized carbons (Fsp3) is 0.320. The lowest BCUT2D eigenvalue weighted by molar-refractivity contribution is -0.153. The van der Waals surface area contributed by atoms with E-state index in [0.717, 1.165) is 39.5 Å². The zero-order chi connectivity index (χ0) is 22.5. The number of rotatable bonds is 7. The molecule has 162 valence electrons. The fourth-order valence-corrected chi connectivity index (χ4v) is 3.58. The molecule has 0 aliphatic carbocycles. The average Bonchev–Trinajstić information content (AvgIpc) is 3.02. The van der Waals surface area contributed by atoms with Gasteiger partial charge >= 0.3 is 5.97 Å². The summed E-state index contributed by atoms with van der Waals surface area (Å²) in [5.74, 6) is -0.751. The number of amides is 1. The third-order valence-corrected chi connectivity index (χ3v) is 5.34. The quantitative estimate of drug-likeness (QED) is 0.568. The third kappa shape index (κ3) is 5.40. The van der Waals surface area contributed by atoms with Gasteiger partial charge in [-0.1, -0.05) is 35.9 Å². The number of carbonyl (C=O) groups is 2. The predicted molar refractivity (Wildman–Crippen MR) is 121 cm³/mol. The molecule has 0 radical (unpaired) electrons. The third-order valence-electron chi connectivity index (χ3n) is 5.34. The van der Waals surface area contributed by atoms with E-state index in [1.54, 1.807) is 6.92 Å². The van der Waals surface area contributed by atoms with Gasteiger partial charge in [-0.2, -0.15) is 5.10 Å². The van der Waals surface area contributed by atoms with E-state index >= 15 is 0 Å². The summed E-state index contributed by atoms with van der Waals surface area (Å²) in [6, 6.07) is 15.7. The molecule has 0 saturated heterocycles. The van der Waals surface area contributed by atoms with Crippen molar-refractivity contribution in [1.82, 2.24) is 9.78 Å². The SMILES string of the molecule is Cc1ccc(NC(=O)[C@@H](C)OC(=O)CCc2c(C)nn(-c3ccccc3)c2C)c(C)c1. The maximum Gasteiger partial charge on any atom is 0.306 e. The number of anilines is 1. The molecule has 1 aromatic heterocycles. The first-order chi connectivity index (χ1) is 14.8. The van der Waals surface area contributed by atoms with Crippen LogP contribution in [0.4, 0.5) is 5.69 Å². The zero-order valence-corrected chi connectivity index (χ0v) is 18.7. The molecule has 1 heterocycles. The highest BCUT2D eigenvalue weighted by atomic mass is 16.5. The number of carbonyl (C=O) groups excluding carboxylic acids is 2. The summed E-state index contributed by atoms with van der Waals surface area (Å²) in [4.78, 5) is 24.8. The van der Waals surface area contributed by atoms with Gasteiger partial charge in [-0.05, 0) is 70.4 Å². The molecule has 1 N–H and O–H groups in total. The van der Waals surface area contributed by atoms with Crippen LogP contribution in [0.5, 0.6) is 0 Å². The number of hydrogen-bond acceptors (Lipinski definition) is 4. The van der Waals surface area contributed by atoms with Gasteiger partial charge in [0.2, 0.25) is 0 Å². The lowest BCUT2D eigenvalue weighted by Crippen LogP contribution is -2.30. The van der Waals surface area contributed by atoms with Gasteiger partial charge in [0, 0.05) is 17.8 Å². The molecule has 3 rings (SSSR count). The summed E-state index contributed by atoms with van der Waals surface area (Å²) in [6.45, 7) is 9.44. The van der Waals surface area contributed by atoms with Gasteiger partial charge in [0.05, 0.1) is 11.4 Å². The topological polar surface area (TPSA) is 73.2 Å². The van der Waals surface area contributed by atoms with Gasteiger partial charge < -0.3 is 10.1 Å². The van der Waals surface area contributed by atoms with Gasteiger partial charge in [0.25, 0.3) is 5.91 Å². The van der Waals surface area contributed by atoms with E-state index < -0.39 is 12.1 Å². The van der Waals surface area contributed by atoms with E-state index in [4.69, 9.17) is 4.74 Å². The first kappa shape index (κ1) is 22.3. The van der Waals surface area contributed by atoms with Crippen molar-refractivity contribution in [1.29, 1.82) is 0 Å². The van der Waals surface area contributed by atoms with Crippen molar-refractivity contribution in [2.45, 2.75) is 53.6 Å². The zero-order valence-electron chi connectivity index (χ0n) is 18.7. The average molecular weight is 420 g/mol.